The minimum atomic E-state index is -0.939. The van der Waals surface area contributed by atoms with Gasteiger partial charge in [-0.1, -0.05) is 0 Å². The highest BCUT2D eigenvalue weighted by Crippen LogP contribution is 2.13. The minimum absolute atomic E-state index is 0.238. The molecule has 0 spiro atoms. The monoisotopic (exact) mass is 249 g/mol. The van der Waals surface area contributed by atoms with Gasteiger partial charge in [-0.05, 0) is 45.0 Å². The molecule has 0 amide bonds. The van der Waals surface area contributed by atoms with Crippen molar-refractivity contribution >= 4 is 11.8 Å². The smallest absolute Gasteiger partial charge is 0.339 e. The molecule has 2 N–H and O–H groups in total. The number of carbonyl (C=O) groups is 1. The van der Waals surface area contributed by atoms with Crippen LogP contribution in [0.2, 0.25) is 0 Å². The maximum atomic E-state index is 11.1. The Kier molecular flexibility index (Phi) is 4.15. The van der Waals surface area contributed by atoms with Crippen molar-refractivity contribution in [3.63, 3.8) is 0 Å². The maximum absolute atomic E-state index is 11.1. The van der Waals surface area contributed by atoms with Crippen LogP contribution in [0.4, 0.5) is 5.82 Å². The van der Waals surface area contributed by atoms with Gasteiger partial charge in [-0.15, -0.1) is 0 Å². The number of nitrogens with zero attached hydrogens (tertiary/aromatic N) is 2. The van der Waals surface area contributed by atoms with Crippen LogP contribution in [0.3, 0.4) is 0 Å². The number of hydrogen-bond acceptors (Lipinski definition) is 4. The van der Waals surface area contributed by atoms with E-state index in [1.165, 1.54) is 12.8 Å². The molecule has 1 aromatic rings. The van der Waals surface area contributed by atoms with E-state index in [0.29, 0.717) is 5.82 Å². The number of pyridine rings is 1. The second-order valence-electron chi connectivity index (χ2n) is 4.63. The van der Waals surface area contributed by atoms with Gasteiger partial charge in [0, 0.05) is 18.8 Å². The van der Waals surface area contributed by atoms with Gasteiger partial charge in [0.05, 0.1) is 0 Å². The van der Waals surface area contributed by atoms with Crippen LogP contribution in [0.5, 0.6) is 0 Å². The molecule has 0 saturated carbocycles. The zero-order valence-electron chi connectivity index (χ0n) is 10.6. The average molecular weight is 249 g/mol. The summed E-state index contributed by atoms with van der Waals surface area (Å²) < 4.78 is 0. The molecule has 5 nitrogen and oxygen atoms in total. The molecule has 0 bridgehead atoms. The Labute approximate surface area is 107 Å². The van der Waals surface area contributed by atoms with Gasteiger partial charge in [-0.25, -0.2) is 9.78 Å². The van der Waals surface area contributed by atoms with Crippen LogP contribution in [0.25, 0.3) is 0 Å². The van der Waals surface area contributed by atoms with Gasteiger partial charge >= 0.3 is 5.97 Å². The fraction of sp³-hybridized carbons (Fsp3) is 0.538. The van der Waals surface area contributed by atoms with Crippen molar-refractivity contribution in [1.29, 1.82) is 0 Å². The van der Waals surface area contributed by atoms with Crippen LogP contribution < -0.4 is 5.32 Å². The lowest BCUT2D eigenvalue weighted by molar-refractivity contribution is 0.0697. The molecule has 5 heteroatoms. The van der Waals surface area contributed by atoms with Crippen molar-refractivity contribution in [3.05, 3.63) is 23.4 Å². The number of rotatable bonds is 5. The van der Waals surface area contributed by atoms with Gasteiger partial charge in [0.25, 0.3) is 0 Å². The highest BCUT2D eigenvalue weighted by molar-refractivity contribution is 5.93. The van der Waals surface area contributed by atoms with E-state index in [9.17, 15) is 4.79 Å². The SMILES string of the molecule is Cc1ccc(C(=O)O)c(NCCN2CCCC2)n1. The molecule has 1 saturated heterocycles. The topological polar surface area (TPSA) is 65.5 Å². The molecule has 2 rings (SSSR count). The standard InChI is InChI=1S/C13H19N3O2/c1-10-4-5-11(13(17)18)12(15-10)14-6-9-16-7-2-3-8-16/h4-5H,2-3,6-9H2,1H3,(H,14,15)(H,17,18). The summed E-state index contributed by atoms with van der Waals surface area (Å²) in [6, 6.07) is 3.32. The van der Waals surface area contributed by atoms with Crippen molar-refractivity contribution in [2.45, 2.75) is 19.8 Å². The van der Waals surface area contributed by atoms with E-state index in [2.05, 4.69) is 15.2 Å². The molecule has 1 aliphatic heterocycles. The largest absolute Gasteiger partial charge is 0.478 e. The van der Waals surface area contributed by atoms with Gasteiger partial charge in [-0.2, -0.15) is 0 Å². The lowest BCUT2D eigenvalue weighted by Gasteiger charge is -2.15. The van der Waals surface area contributed by atoms with Crippen LogP contribution in [0.15, 0.2) is 12.1 Å². The molecule has 0 aliphatic carbocycles. The normalized spacial score (nSPS) is 15.8. The first-order chi connectivity index (χ1) is 8.66. The predicted octanol–water partition coefficient (Wildman–Crippen LogP) is 1.60. The number of carboxylic acids is 1. The molecular weight excluding hydrogens is 230 g/mol. The van der Waals surface area contributed by atoms with Crippen LogP contribution in [-0.4, -0.2) is 47.1 Å². The van der Waals surface area contributed by atoms with Crippen LogP contribution >= 0.6 is 0 Å². The van der Waals surface area contributed by atoms with Gasteiger partial charge in [0.1, 0.15) is 11.4 Å². The first-order valence-electron chi connectivity index (χ1n) is 6.34. The Morgan fingerprint density at radius 3 is 2.83 bits per heavy atom. The number of anilines is 1. The summed E-state index contributed by atoms with van der Waals surface area (Å²) in [4.78, 5) is 17.7. The third-order valence-electron chi connectivity index (χ3n) is 3.18. The number of aromatic carboxylic acids is 1. The molecule has 1 fully saturated rings. The molecule has 0 aromatic carbocycles. The van der Waals surface area contributed by atoms with Gasteiger partial charge in [0.2, 0.25) is 0 Å². The van der Waals surface area contributed by atoms with E-state index < -0.39 is 5.97 Å². The predicted molar refractivity (Wildman–Crippen MR) is 70.1 cm³/mol. The van der Waals surface area contributed by atoms with Gasteiger partial charge in [0.15, 0.2) is 0 Å². The lowest BCUT2D eigenvalue weighted by Crippen LogP contribution is -2.26. The zero-order valence-corrected chi connectivity index (χ0v) is 10.6. The van der Waals surface area contributed by atoms with Crippen LogP contribution in [0, 0.1) is 6.92 Å². The van der Waals surface area contributed by atoms with Crippen LogP contribution in [0.1, 0.15) is 28.9 Å². The number of aromatic nitrogens is 1. The maximum Gasteiger partial charge on any atom is 0.339 e. The number of aryl methyl sites for hydroxylation is 1. The minimum Gasteiger partial charge on any atom is -0.478 e. The third kappa shape index (κ3) is 3.20. The number of nitrogens with one attached hydrogen (secondary N) is 1. The second kappa shape index (κ2) is 5.82. The molecule has 1 aromatic heterocycles. The average Bonchev–Trinajstić information content (AvgIpc) is 2.82. The molecule has 18 heavy (non-hydrogen) atoms. The quantitative estimate of drug-likeness (QED) is 0.829. The number of carboxylic acid groups (broad SMARTS) is 1. The molecule has 0 atom stereocenters. The third-order valence-corrected chi connectivity index (χ3v) is 3.18. The Morgan fingerprint density at radius 2 is 2.17 bits per heavy atom. The van der Waals surface area contributed by atoms with Crippen molar-refractivity contribution < 1.29 is 9.90 Å². The van der Waals surface area contributed by atoms with E-state index in [1.807, 2.05) is 6.92 Å². The van der Waals surface area contributed by atoms with E-state index in [4.69, 9.17) is 5.11 Å². The summed E-state index contributed by atoms with van der Waals surface area (Å²) in [6.07, 6.45) is 2.53. The zero-order chi connectivity index (χ0) is 13.0. The molecule has 0 unspecified atom stereocenters. The highest BCUT2D eigenvalue weighted by atomic mass is 16.4. The summed E-state index contributed by atoms with van der Waals surface area (Å²) in [6.45, 7) is 5.83. The molecule has 0 radical (unpaired) electrons. The lowest BCUT2D eigenvalue weighted by atomic mass is 10.2. The summed E-state index contributed by atoms with van der Waals surface area (Å²) in [5.41, 5.74) is 1.06. The highest BCUT2D eigenvalue weighted by Gasteiger charge is 2.13. The van der Waals surface area contributed by atoms with E-state index >= 15 is 0 Å². The summed E-state index contributed by atoms with van der Waals surface area (Å²) in [5.74, 6) is -0.465. The molecule has 1 aliphatic rings. The molecule has 98 valence electrons. The molecule has 2 heterocycles. The fourth-order valence-electron chi connectivity index (χ4n) is 2.20. The first kappa shape index (κ1) is 12.8. The van der Waals surface area contributed by atoms with Gasteiger partial charge in [-0.3, -0.25) is 0 Å². The Bertz CT molecular complexity index is 428. The second-order valence-corrected chi connectivity index (χ2v) is 4.63. The van der Waals surface area contributed by atoms with Crippen molar-refractivity contribution in [2.75, 3.05) is 31.5 Å². The van der Waals surface area contributed by atoms with Gasteiger partial charge < -0.3 is 15.3 Å². The molecular formula is C13H19N3O2. The van der Waals surface area contributed by atoms with Crippen molar-refractivity contribution in [1.82, 2.24) is 9.88 Å². The van der Waals surface area contributed by atoms with E-state index in [-0.39, 0.29) is 5.56 Å². The number of likely N-dealkylation sites (tertiary alicyclic amines) is 1. The fourth-order valence-corrected chi connectivity index (χ4v) is 2.20. The Morgan fingerprint density at radius 1 is 1.44 bits per heavy atom. The summed E-state index contributed by atoms with van der Waals surface area (Å²) in [5, 5.41) is 12.2. The van der Waals surface area contributed by atoms with E-state index in [0.717, 1.165) is 31.9 Å². The number of hydrogen-bond donors (Lipinski definition) is 2. The van der Waals surface area contributed by atoms with Crippen molar-refractivity contribution in [3.8, 4) is 0 Å². The van der Waals surface area contributed by atoms with E-state index in [1.54, 1.807) is 12.1 Å². The first-order valence-corrected chi connectivity index (χ1v) is 6.34. The summed E-state index contributed by atoms with van der Waals surface area (Å²) >= 11 is 0. The Balaban J connectivity index is 1.94. The summed E-state index contributed by atoms with van der Waals surface area (Å²) in [7, 11) is 0. The van der Waals surface area contributed by atoms with Crippen molar-refractivity contribution in [2.24, 2.45) is 0 Å². The Hall–Kier alpha value is -1.62. The van der Waals surface area contributed by atoms with Crippen LogP contribution in [-0.2, 0) is 0 Å².